The summed E-state index contributed by atoms with van der Waals surface area (Å²) in [5.74, 6) is -0.260. The maximum Gasteiger partial charge on any atom is 0.123 e. The Morgan fingerprint density at radius 2 is 1.84 bits per heavy atom. The van der Waals surface area contributed by atoms with Crippen molar-refractivity contribution in [1.82, 2.24) is 0 Å². The molecule has 0 heterocycles. The van der Waals surface area contributed by atoms with Crippen LogP contribution in [0.2, 0.25) is 5.02 Å². The zero-order valence-corrected chi connectivity index (χ0v) is 11.5. The standard InChI is InChI=1S/C15H16ClFN2/c1-19(10-11-2-4-13(16)5-3-11)15-7-6-14(17)8-12(15)9-18/h2-8H,9-10,18H2,1H3. The van der Waals surface area contributed by atoms with Crippen LogP contribution in [0.25, 0.3) is 0 Å². The Morgan fingerprint density at radius 3 is 2.47 bits per heavy atom. The first kappa shape index (κ1) is 13.8. The van der Waals surface area contributed by atoms with Crippen LogP contribution < -0.4 is 10.6 Å². The van der Waals surface area contributed by atoms with E-state index in [0.29, 0.717) is 6.54 Å². The van der Waals surface area contributed by atoms with E-state index in [1.807, 2.05) is 36.2 Å². The summed E-state index contributed by atoms with van der Waals surface area (Å²) in [6.45, 7) is 1.04. The highest BCUT2D eigenvalue weighted by atomic mass is 35.5. The Balaban J connectivity index is 2.19. The van der Waals surface area contributed by atoms with Crippen LogP contribution in [0, 0.1) is 5.82 Å². The van der Waals surface area contributed by atoms with Crippen molar-refractivity contribution in [3.8, 4) is 0 Å². The summed E-state index contributed by atoms with van der Waals surface area (Å²) in [5.41, 5.74) is 8.54. The van der Waals surface area contributed by atoms with Crippen molar-refractivity contribution in [1.29, 1.82) is 0 Å². The second-order valence-electron chi connectivity index (χ2n) is 4.46. The van der Waals surface area contributed by atoms with E-state index in [2.05, 4.69) is 0 Å². The van der Waals surface area contributed by atoms with Crippen molar-refractivity contribution in [2.45, 2.75) is 13.1 Å². The van der Waals surface area contributed by atoms with Gasteiger partial charge in [-0.1, -0.05) is 23.7 Å². The quantitative estimate of drug-likeness (QED) is 0.926. The van der Waals surface area contributed by atoms with Crippen molar-refractivity contribution in [3.63, 3.8) is 0 Å². The first-order valence-electron chi connectivity index (χ1n) is 6.04. The molecule has 0 unspecified atom stereocenters. The van der Waals surface area contributed by atoms with Gasteiger partial charge in [-0.2, -0.15) is 0 Å². The van der Waals surface area contributed by atoms with Crippen molar-refractivity contribution >= 4 is 17.3 Å². The number of halogens is 2. The summed E-state index contributed by atoms with van der Waals surface area (Å²) >= 11 is 5.86. The molecule has 19 heavy (non-hydrogen) atoms. The lowest BCUT2D eigenvalue weighted by Gasteiger charge is -2.22. The van der Waals surface area contributed by atoms with Gasteiger partial charge in [0.25, 0.3) is 0 Å². The largest absolute Gasteiger partial charge is 0.370 e. The summed E-state index contributed by atoms with van der Waals surface area (Å²) in [7, 11) is 1.96. The van der Waals surface area contributed by atoms with Gasteiger partial charge in [-0.3, -0.25) is 0 Å². The maximum atomic E-state index is 13.2. The third-order valence-corrected chi connectivity index (χ3v) is 3.26. The predicted octanol–water partition coefficient (Wildman–Crippen LogP) is 3.57. The average Bonchev–Trinajstić information content (AvgIpc) is 2.41. The van der Waals surface area contributed by atoms with Crippen LogP contribution in [0.15, 0.2) is 42.5 Å². The smallest absolute Gasteiger partial charge is 0.123 e. The second-order valence-corrected chi connectivity index (χ2v) is 4.90. The van der Waals surface area contributed by atoms with E-state index in [4.69, 9.17) is 17.3 Å². The zero-order chi connectivity index (χ0) is 13.8. The number of nitrogens with two attached hydrogens (primary N) is 1. The molecule has 2 nitrogen and oxygen atoms in total. The fourth-order valence-corrected chi connectivity index (χ4v) is 2.16. The van der Waals surface area contributed by atoms with Gasteiger partial charge < -0.3 is 10.6 Å². The minimum atomic E-state index is -0.260. The Kier molecular flexibility index (Phi) is 4.40. The van der Waals surface area contributed by atoms with E-state index in [9.17, 15) is 4.39 Å². The third-order valence-electron chi connectivity index (χ3n) is 3.01. The van der Waals surface area contributed by atoms with E-state index in [-0.39, 0.29) is 5.82 Å². The van der Waals surface area contributed by atoms with Gasteiger partial charge in [-0.25, -0.2) is 4.39 Å². The molecular formula is C15H16ClFN2. The molecule has 0 fully saturated rings. The van der Waals surface area contributed by atoms with E-state index >= 15 is 0 Å². The molecule has 0 spiro atoms. The van der Waals surface area contributed by atoms with Crippen molar-refractivity contribution in [3.05, 3.63) is 64.4 Å². The molecular weight excluding hydrogens is 263 g/mol. The SMILES string of the molecule is CN(Cc1ccc(Cl)cc1)c1ccc(F)cc1CN. The molecule has 2 N–H and O–H groups in total. The van der Waals surface area contributed by atoms with E-state index in [1.165, 1.54) is 12.1 Å². The molecule has 2 rings (SSSR count). The molecule has 2 aromatic carbocycles. The molecule has 0 bridgehead atoms. The van der Waals surface area contributed by atoms with Crippen LogP contribution in [0.1, 0.15) is 11.1 Å². The fourth-order valence-electron chi connectivity index (χ4n) is 2.04. The first-order chi connectivity index (χ1) is 9.10. The van der Waals surface area contributed by atoms with Crippen molar-refractivity contribution in [2.24, 2.45) is 5.73 Å². The molecule has 0 aliphatic rings. The molecule has 0 saturated heterocycles. The Hall–Kier alpha value is -1.58. The summed E-state index contributed by atoms with van der Waals surface area (Å²) in [5, 5.41) is 0.718. The summed E-state index contributed by atoms with van der Waals surface area (Å²) < 4.78 is 13.2. The highest BCUT2D eigenvalue weighted by Crippen LogP contribution is 2.22. The van der Waals surface area contributed by atoms with Gasteiger partial charge in [0.2, 0.25) is 0 Å². The number of nitrogens with zero attached hydrogens (tertiary/aromatic N) is 1. The van der Waals surface area contributed by atoms with Gasteiger partial charge >= 0.3 is 0 Å². The Morgan fingerprint density at radius 1 is 1.16 bits per heavy atom. The number of hydrogen-bond donors (Lipinski definition) is 1. The molecule has 0 aliphatic heterocycles. The van der Waals surface area contributed by atoms with Crippen molar-refractivity contribution < 1.29 is 4.39 Å². The molecule has 0 aliphatic carbocycles. The molecule has 0 amide bonds. The zero-order valence-electron chi connectivity index (χ0n) is 10.7. The van der Waals surface area contributed by atoms with Gasteiger partial charge in [0.05, 0.1) is 0 Å². The van der Waals surface area contributed by atoms with Gasteiger partial charge in [0.1, 0.15) is 5.82 Å². The lowest BCUT2D eigenvalue weighted by Crippen LogP contribution is -2.19. The van der Waals surface area contributed by atoms with E-state index < -0.39 is 0 Å². The monoisotopic (exact) mass is 278 g/mol. The molecule has 2 aromatic rings. The number of hydrogen-bond acceptors (Lipinski definition) is 2. The number of benzene rings is 2. The Labute approximate surface area is 117 Å². The van der Waals surface area contributed by atoms with Crippen LogP contribution >= 0.6 is 11.6 Å². The minimum Gasteiger partial charge on any atom is -0.370 e. The summed E-state index contributed by atoms with van der Waals surface area (Å²) in [4.78, 5) is 2.05. The van der Waals surface area contributed by atoms with E-state index in [1.54, 1.807) is 6.07 Å². The lowest BCUT2D eigenvalue weighted by atomic mass is 10.1. The van der Waals surface area contributed by atoms with Gasteiger partial charge in [-0.05, 0) is 41.5 Å². The molecule has 0 radical (unpaired) electrons. The average molecular weight is 279 g/mol. The molecule has 0 saturated carbocycles. The highest BCUT2D eigenvalue weighted by molar-refractivity contribution is 6.30. The second kappa shape index (κ2) is 6.04. The molecule has 100 valence electrons. The third kappa shape index (κ3) is 3.46. The van der Waals surface area contributed by atoms with Crippen LogP contribution in [-0.4, -0.2) is 7.05 Å². The normalized spacial score (nSPS) is 10.5. The molecule has 0 atom stereocenters. The van der Waals surface area contributed by atoms with Crippen LogP contribution in [0.5, 0.6) is 0 Å². The number of anilines is 1. The maximum absolute atomic E-state index is 13.2. The van der Waals surface area contributed by atoms with Crippen LogP contribution in [0.3, 0.4) is 0 Å². The number of rotatable bonds is 4. The van der Waals surface area contributed by atoms with Crippen LogP contribution in [-0.2, 0) is 13.1 Å². The van der Waals surface area contributed by atoms with Gasteiger partial charge in [0, 0.05) is 30.8 Å². The Bertz CT molecular complexity index is 555. The topological polar surface area (TPSA) is 29.3 Å². The first-order valence-corrected chi connectivity index (χ1v) is 6.42. The van der Waals surface area contributed by atoms with Gasteiger partial charge in [0.15, 0.2) is 0 Å². The molecule has 0 aromatic heterocycles. The minimum absolute atomic E-state index is 0.260. The summed E-state index contributed by atoms with van der Waals surface area (Å²) in [6.07, 6.45) is 0. The van der Waals surface area contributed by atoms with E-state index in [0.717, 1.165) is 28.4 Å². The molecule has 4 heteroatoms. The van der Waals surface area contributed by atoms with Crippen molar-refractivity contribution in [2.75, 3.05) is 11.9 Å². The highest BCUT2D eigenvalue weighted by Gasteiger charge is 2.08. The predicted molar refractivity (Wildman–Crippen MR) is 77.9 cm³/mol. The van der Waals surface area contributed by atoms with Gasteiger partial charge in [-0.15, -0.1) is 0 Å². The summed E-state index contributed by atoms with van der Waals surface area (Å²) in [6, 6.07) is 12.4. The fraction of sp³-hybridized carbons (Fsp3) is 0.200. The lowest BCUT2D eigenvalue weighted by molar-refractivity contribution is 0.625. The van der Waals surface area contributed by atoms with Crippen LogP contribution in [0.4, 0.5) is 10.1 Å².